The molecule has 0 atom stereocenters. The molecule has 0 saturated heterocycles. The number of hydrogen-bond donors (Lipinski definition) is 0. The Morgan fingerprint density at radius 2 is 1.78 bits per heavy atom. The fraction of sp³-hybridized carbons (Fsp3) is 0.786. The number of rotatable bonds is 5. The van der Waals surface area contributed by atoms with Crippen molar-refractivity contribution in [1.29, 1.82) is 0 Å². The summed E-state index contributed by atoms with van der Waals surface area (Å²) < 4.78 is 0. The molecule has 0 aliphatic heterocycles. The van der Waals surface area contributed by atoms with Crippen molar-refractivity contribution in [2.45, 2.75) is 46.5 Å². The second-order valence-electron chi connectivity index (χ2n) is 6.34. The van der Waals surface area contributed by atoms with E-state index in [1.807, 2.05) is 0 Å². The van der Waals surface area contributed by atoms with Gasteiger partial charge in [-0.2, -0.15) is 0 Å². The van der Waals surface area contributed by atoms with E-state index in [2.05, 4.69) is 71.9 Å². The molecule has 0 saturated carbocycles. The first-order chi connectivity index (χ1) is 8.25. The molecule has 4 heteroatoms. The molecule has 0 spiro atoms. The van der Waals surface area contributed by atoms with E-state index in [0.717, 1.165) is 17.1 Å². The van der Waals surface area contributed by atoms with Gasteiger partial charge in [0.05, 0.1) is 10.7 Å². The van der Waals surface area contributed by atoms with Crippen molar-refractivity contribution in [3.8, 4) is 0 Å². The summed E-state index contributed by atoms with van der Waals surface area (Å²) in [6.45, 7) is 11.2. The molecular weight excluding hydrogens is 374 g/mol. The predicted molar refractivity (Wildman–Crippen MR) is 89.4 cm³/mol. The predicted octanol–water partition coefficient (Wildman–Crippen LogP) is 5.42. The lowest BCUT2D eigenvalue weighted by molar-refractivity contribution is 0.267. The van der Waals surface area contributed by atoms with E-state index < -0.39 is 0 Å². The van der Waals surface area contributed by atoms with Crippen LogP contribution in [-0.2, 0) is 11.8 Å². The van der Waals surface area contributed by atoms with Crippen LogP contribution < -0.4 is 0 Å². The maximum Gasteiger partial charge on any atom is 0.0934 e. The number of thiazole rings is 1. The zero-order valence-electron chi connectivity index (χ0n) is 11.9. The topological polar surface area (TPSA) is 12.9 Å². The van der Waals surface area contributed by atoms with Crippen molar-refractivity contribution < 1.29 is 0 Å². The Balaban J connectivity index is 2.92. The molecule has 0 fully saturated rings. The Labute approximate surface area is 132 Å². The third-order valence-electron chi connectivity index (χ3n) is 3.58. The molecule has 1 rings (SSSR count). The molecular formula is C14H23Br2NS. The van der Waals surface area contributed by atoms with Gasteiger partial charge in [0.15, 0.2) is 0 Å². The van der Waals surface area contributed by atoms with E-state index in [1.54, 1.807) is 11.3 Å². The molecule has 0 aromatic carbocycles. The van der Waals surface area contributed by atoms with Gasteiger partial charge in [-0.25, -0.2) is 4.98 Å². The lowest BCUT2D eigenvalue weighted by atomic mass is 9.78. The third-order valence-corrected chi connectivity index (χ3v) is 6.66. The number of alkyl halides is 2. The molecule has 0 aliphatic carbocycles. The van der Waals surface area contributed by atoms with Crippen molar-refractivity contribution in [1.82, 2.24) is 4.98 Å². The van der Waals surface area contributed by atoms with Crippen LogP contribution in [-0.4, -0.2) is 15.6 Å². The van der Waals surface area contributed by atoms with Gasteiger partial charge in [-0.05, 0) is 11.3 Å². The van der Waals surface area contributed by atoms with E-state index in [9.17, 15) is 0 Å². The maximum absolute atomic E-state index is 4.82. The summed E-state index contributed by atoms with van der Waals surface area (Å²) in [7, 11) is 0. The zero-order valence-corrected chi connectivity index (χ0v) is 15.9. The monoisotopic (exact) mass is 395 g/mol. The number of halogens is 2. The molecule has 0 radical (unpaired) electrons. The third kappa shape index (κ3) is 3.80. The minimum Gasteiger partial charge on any atom is -0.246 e. The summed E-state index contributed by atoms with van der Waals surface area (Å²) in [4.78, 5) is 4.82. The van der Waals surface area contributed by atoms with Crippen molar-refractivity contribution in [2.75, 3.05) is 10.7 Å². The molecule has 104 valence electrons. The van der Waals surface area contributed by atoms with Crippen molar-refractivity contribution >= 4 is 43.2 Å². The largest absolute Gasteiger partial charge is 0.246 e. The molecule has 0 unspecified atom stereocenters. The molecule has 1 aromatic heterocycles. The van der Waals surface area contributed by atoms with Crippen molar-refractivity contribution in [3.63, 3.8) is 0 Å². The average Bonchev–Trinajstić information content (AvgIpc) is 2.73. The molecule has 1 nitrogen and oxygen atoms in total. The first kappa shape index (κ1) is 16.6. The summed E-state index contributed by atoms with van der Waals surface area (Å²) in [5.41, 5.74) is 1.62. The normalized spacial score (nSPS) is 13.3. The summed E-state index contributed by atoms with van der Waals surface area (Å²) in [6.07, 6.45) is 1.04. The van der Waals surface area contributed by atoms with Gasteiger partial charge in [0, 0.05) is 27.9 Å². The summed E-state index contributed by atoms with van der Waals surface area (Å²) >= 11 is 9.17. The Kier molecular flexibility index (Phi) is 5.88. The molecule has 18 heavy (non-hydrogen) atoms. The molecule has 1 heterocycles. The quantitative estimate of drug-likeness (QED) is 0.605. The van der Waals surface area contributed by atoms with Crippen LogP contribution in [0, 0.1) is 11.3 Å². The minimum absolute atomic E-state index is 0.151. The van der Waals surface area contributed by atoms with Crippen LogP contribution in [0.2, 0.25) is 0 Å². The van der Waals surface area contributed by atoms with Gasteiger partial charge >= 0.3 is 0 Å². The van der Waals surface area contributed by atoms with E-state index in [-0.39, 0.29) is 10.8 Å². The van der Waals surface area contributed by atoms with Crippen LogP contribution in [0.3, 0.4) is 0 Å². The molecule has 1 aromatic rings. The highest BCUT2D eigenvalue weighted by Crippen LogP contribution is 2.37. The van der Waals surface area contributed by atoms with E-state index in [0.29, 0.717) is 5.92 Å². The fourth-order valence-corrected chi connectivity index (χ4v) is 5.48. The second-order valence-corrected chi connectivity index (χ2v) is 8.40. The Bertz CT molecular complexity index is 375. The van der Waals surface area contributed by atoms with Crippen LogP contribution >= 0.6 is 43.2 Å². The van der Waals surface area contributed by atoms with E-state index >= 15 is 0 Å². The van der Waals surface area contributed by atoms with Crippen LogP contribution in [0.5, 0.6) is 0 Å². The molecule has 0 bridgehead atoms. The van der Waals surface area contributed by atoms with Crippen LogP contribution in [0.15, 0.2) is 5.38 Å². The SMILES string of the molecule is CC(C)C(CBr)(CBr)Cc1nc(C(C)(C)C)cs1. The molecule has 0 N–H and O–H groups in total. The minimum atomic E-state index is 0.151. The van der Waals surface area contributed by atoms with Gasteiger partial charge in [0.1, 0.15) is 0 Å². The Morgan fingerprint density at radius 1 is 1.22 bits per heavy atom. The fourth-order valence-electron chi connectivity index (χ4n) is 1.68. The lowest BCUT2D eigenvalue weighted by Crippen LogP contribution is -2.33. The van der Waals surface area contributed by atoms with Crippen LogP contribution in [0.4, 0.5) is 0 Å². The smallest absolute Gasteiger partial charge is 0.0934 e. The van der Waals surface area contributed by atoms with Crippen molar-refractivity contribution in [3.05, 3.63) is 16.1 Å². The summed E-state index contributed by atoms with van der Waals surface area (Å²) in [5, 5.41) is 5.48. The van der Waals surface area contributed by atoms with Gasteiger partial charge in [0.25, 0.3) is 0 Å². The standard InChI is InChI=1S/C14H23Br2NS/c1-10(2)14(8-15,9-16)6-12-17-11(7-18-12)13(3,4)5/h7,10H,6,8-9H2,1-5H3. The lowest BCUT2D eigenvalue weighted by Gasteiger charge is -2.33. The van der Waals surface area contributed by atoms with Gasteiger partial charge in [-0.3, -0.25) is 0 Å². The highest BCUT2D eigenvalue weighted by atomic mass is 79.9. The number of nitrogens with zero attached hydrogens (tertiary/aromatic N) is 1. The van der Waals surface area contributed by atoms with Gasteiger partial charge in [0.2, 0.25) is 0 Å². The summed E-state index contributed by atoms with van der Waals surface area (Å²) in [6, 6.07) is 0. The van der Waals surface area contributed by atoms with Gasteiger partial charge in [-0.15, -0.1) is 11.3 Å². The average molecular weight is 397 g/mol. The first-order valence-corrected chi connectivity index (χ1v) is 9.44. The number of hydrogen-bond acceptors (Lipinski definition) is 2. The van der Waals surface area contributed by atoms with Gasteiger partial charge in [-0.1, -0.05) is 66.5 Å². The van der Waals surface area contributed by atoms with Crippen molar-refractivity contribution in [2.24, 2.45) is 11.3 Å². The van der Waals surface area contributed by atoms with Crippen LogP contribution in [0.25, 0.3) is 0 Å². The number of aromatic nitrogens is 1. The Hall–Kier alpha value is 0.590. The summed E-state index contributed by atoms with van der Waals surface area (Å²) in [5.74, 6) is 0.623. The highest BCUT2D eigenvalue weighted by molar-refractivity contribution is 9.09. The highest BCUT2D eigenvalue weighted by Gasteiger charge is 2.33. The maximum atomic E-state index is 4.82. The van der Waals surface area contributed by atoms with Crippen LogP contribution in [0.1, 0.15) is 45.3 Å². The molecule has 0 amide bonds. The zero-order chi connectivity index (χ0) is 14.0. The van der Waals surface area contributed by atoms with Gasteiger partial charge < -0.3 is 0 Å². The van der Waals surface area contributed by atoms with E-state index in [4.69, 9.17) is 4.98 Å². The van der Waals surface area contributed by atoms with E-state index in [1.165, 1.54) is 10.7 Å². The Morgan fingerprint density at radius 3 is 2.11 bits per heavy atom. The first-order valence-electron chi connectivity index (χ1n) is 6.32. The molecule has 0 aliphatic rings. The second kappa shape index (κ2) is 6.36.